The highest BCUT2D eigenvalue weighted by atomic mass is 79.9. The minimum atomic E-state index is -0.153. The molecule has 0 saturated heterocycles. The van der Waals surface area contributed by atoms with Crippen molar-refractivity contribution in [2.45, 2.75) is 25.8 Å². The van der Waals surface area contributed by atoms with E-state index in [-0.39, 0.29) is 11.9 Å². The van der Waals surface area contributed by atoms with Crippen molar-refractivity contribution in [2.75, 3.05) is 6.54 Å². The van der Waals surface area contributed by atoms with E-state index in [2.05, 4.69) is 28.2 Å². The number of amides is 1. The number of rotatable bonds is 5. The average Bonchev–Trinajstić information content (AvgIpc) is 2.63. The number of halogens is 1. The van der Waals surface area contributed by atoms with Gasteiger partial charge in [0.2, 0.25) is 0 Å². The van der Waals surface area contributed by atoms with E-state index in [1.54, 1.807) is 6.07 Å². The van der Waals surface area contributed by atoms with E-state index in [1.165, 1.54) is 6.26 Å². The average molecular weight is 275 g/mol. The number of nitrogens with two attached hydrogens (primary N) is 1. The van der Waals surface area contributed by atoms with Crippen molar-refractivity contribution >= 4 is 21.8 Å². The van der Waals surface area contributed by atoms with Crippen LogP contribution in [-0.2, 0) is 0 Å². The third kappa shape index (κ3) is 3.35. The summed E-state index contributed by atoms with van der Waals surface area (Å²) >= 11 is 3.16. The lowest BCUT2D eigenvalue weighted by Crippen LogP contribution is -2.40. The number of nitrogens with one attached hydrogen (secondary N) is 1. The van der Waals surface area contributed by atoms with Crippen molar-refractivity contribution in [3.05, 3.63) is 22.6 Å². The summed E-state index contributed by atoms with van der Waals surface area (Å²) in [5, 5.41) is 2.86. The minimum absolute atomic E-state index is 0.0318. The Morgan fingerprint density at radius 1 is 1.73 bits per heavy atom. The Morgan fingerprint density at radius 2 is 2.47 bits per heavy atom. The van der Waals surface area contributed by atoms with Crippen LogP contribution in [0.2, 0.25) is 0 Å². The smallest absolute Gasteiger partial charge is 0.256 e. The van der Waals surface area contributed by atoms with Gasteiger partial charge in [0.25, 0.3) is 5.91 Å². The van der Waals surface area contributed by atoms with E-state index in [0.29, 0.717) is 16.8 Å². The molecule has 5 heteroatoms. The topological polar surface area (TPSA) is 68.3 Å². The van der Waals surface area contributed by atoms with Gasteiger partial charge in [0.15, 0.2) is 4.67 Å². The molecule has 1 unspecified atom stereocenters. The molecule has 1 aromatic rings. The van der Waals surface area contributed by atoms with E-state index >= 15 is 0 Å². The molecule has 0 aliphatic rings. The molecule has 1 amide bonds. The van der Waals surface area contributed by atoms with Crippen molar-refractivity contribution in [1.29, 1.82) is 0 Å². The van der Waals surface area contributed by atoms with Crippen LogP contribution < -0.4 is 11.1 Å². The number of carbonyl (C=O) groups is 1. The monoisotopic (exact) mass is 274 g/mol. The minimum Gasteiger partial charge on any atom is -0.457 e. The molecule has 0 radical (unpaired) electrons. The predicted molar refractivity (Wildman–Crippen MR) is 61.6 cm³/mol. The highest BCUT2D eigenvalue weighted by Gasteiger charge is 2.15. The molecule has 1 aromatic heterocycles. The SMILES string of the molecule is CCCC(CN)NC(=O)c1ccoc1Br. The molecule has 0 aliphatic heterocycles. The van der Waals surface area contributed by atoms with Gasteiger partial charge in [-0.05, 0) is 28.4 Å². The Bertz CT molecular complexity index is 325. The van der Waals surface area contributed by atoms with Gasteiger partial charge >= 0.3 is 0 Å². The van der Waals surface area contributed by atoms with Gasteiger partial charge in [-0.3, -0.25) is 4.79 Å². The molecule has 0 fully saturated rings. The van der Waals surface area contributed by atoms with Gasteiger partial charge < -0.3 is 15.5 Å². The van der Waals surface area contributed by atoms with Crippen molar-refractivity contribution in [3.8, 4) is 0 Å². The van der Waals surface area contributed by atoms with Gasteiger partial charge in [-0.1, -0.05) is 13.3 Å². The molecule has 0 saturated carbocycles. The van der Waals surface area contributed by atoms with Crippen LogP contribution in [-0.4, -0.2) is 18.5 Å². The number of hydrogen-bond acceptors (Lipinski definition) is 3. The maximum Gasteiger partial charge on any atom is 0.256 e. The van der Waals surface area contributed by atoms with Crippen molar-refractivity contribution < 1.29 is 9.21 Å². The lowest BCUT2D eigenvalue weighted by Gasteiger charge is -2.15. The molecule has 0 spiro atoms. The van der Waals surface area contributed by atoms with Gasteiger partial charge in [-0.25, -0.2) is 0 Å². The lowest BCUT2D eigenvalue weighted by molar-refractivity contribution is 0.0934. The van der Waals surface area contributed by atoms with Gasteiger partial charge in [0.1, 0.15) is 0 Å². The fourth-order valence-electron chi connectivity index (χ4n) is 1.32. The zero-order valence-corrected chi connectivity index (χ0v) is 10.2. The fraction of sp³-hybridized carbons (Fsp3) is 0.500. The molecule has 0 aromatic carbocycles. The third-order valence-electron chi connectivity index (χ3n) is 2.12. The summed E-state index contributed by atoms with van der Waals surface area (Å²) < 4.78 is 5.44. The molecule has 1 atom stereocenters. The lowest BCUT2D eigenvalue weighted by atomic mass is 10.1. The normalized spacial score (nSPS) is 12.5. The van der Waals surface area contributed by atoms with Crippen LogP contribution in [0.1, 0.15) is 30.1 Å². The molecule has 1 rings (SSSR count). The van der Waals surface area contributed by atoms with Crippen molar-refractivity contribution in [3.63, 3.8) is 0 Å². The van der Waals surface area contributed by atoms with E-state index in [1.807, 2.05) is 0 Å². The summed E-state index contributed by atoms with van der Waals surface area (Å²) in [6.45, 7) is 2.51. The van der Waals surface area contributed by atoms with E-state index in [4.69, 9.17) is 10.2 Å². The van der Waals surface area contributed by atoms with Gasteiger partial charge in [0.05, 0.1) is 11.8 Å². The maximum atomic E-state index is 11.7. The Balaban J connectivity index is 2.58. The van der Waals surface area contributed by atoms with Gasteiger partial charge in [-0.2, -0.15) is 0 Å². The summed E-state index contributed by atoms with van der Waals surface area (Å²) in [5.74, 6) is -0.153. The van der Waals surface area contributed by atoms with Crippen LogP contribution >= 0.6 is 15.9 Å². The third-order valence-corrected chi connectivity index (χ3v) is 2.73. The quantitative estimate of drug-likeness (QED) is 0.862. The molecule has 0 bridgehead atoms. The Morgan fingerprint density at radius 3 is 2.93 bits per heavy atom. The number of furan rings is 1. The first-order valence-corrected chi connectivity index (χ1v) is 5.72. The maximum absolute atomic E-state index is 11.7. The van der Waals surface area contributed by atoms with Crippen LogP contribution in [0.25, 0.3) is 0 Å². The molecule has 84 valence electrons. The standard InChI is InChI=1S/C10H15BrN2O2/c1-2-3-7(6-12)13-10(14)8-4-5-15-9(8)11/h4-5,7H,2-3,6,12H2,1H3,(H,13,14). The van der Waals surface area contributed by atoms with Crippen LogP contribution in [0.5, 0.6) is 0 Å². The van der Waals surface area contributed by atoms with Gasteiger partial charge in [-0.15, -0.1) is 0 Å². The fourth-order valence-corrected chi connectivity index (χ4v) is 1.74. The highest BCUT2D eigenvalue weighted by molar-refractivity contribution is 9.10. The van der Waals surface area contributed by atoms with Crippen molar-refractivity contribution in [2.24, 2.45) is 5.73 Å². The highest BCUT2D eigenvalue weighted by Crippen LogP contribution is 2.17. The summed E-state index contributed by atoms with van der Waals surface area (Å²) in [5.41, 5.74) is 6.05. The Kier molecular flexibility index (Phi) is 4.84. The summed E-state index contributed by atoms with van der Waals surface area (Å²) in [4.78, 5) is 11.7. The van der Waals surface area contributed by atoms with E-state index < -0.39 is 0 Å². The molecular weight excluding hydrogens is 260 g/mol. The number of carbonyl (C=O) groups excluding carboxylic acids is 1. The largest absolute Gasteiger partial charge is 0.457 e. The first kappa shape index (κ1) is 12.3. The molecule has 0 aliphatic carbocycles. The molecule has 1 heterocycles. The zero-order chi connectivity index (χ0) is 11.3. The van der Waals surface area contributed by atoms with E-state index in [0.717, 1.165) is 12.8 Å². The second-order valence-electron chi connectivity index (χ2n) is 3.30. The summed E-state index contributed by atoms with van der Waals surface area (Å²) in [6.07, 6.45) is 3.35. The van der Waals surface area contributed by atoms with Gasteiger partial charge in [0, 0.05) is 12.6 Å². The first-order chi connectivity index (χ1) is 7.19. The first-order valence-electron chi connectivity index (χ1n) is 4.93. The Hall–Kier alpha value is -0.810. The zero-order valence-electron chi connectivity index (χ0n) is 8.63. The van der Waals surface area contributed by atoms with Crippen LogP contribution in [0.15, 0.2) is 21.4 Å². The summed E-state index contributed by atoms with van der Waals surface area (Å²) in [6, 6.07) is 1.66. The second kappa shape index (κ2) is 5.92. The van der Waals surface area contributed by atoms with Crippen LogP contribution in [0.4, 0.5) is 0 Å². The van der Waals surface area contributed by atoms with Crippen molar-refractivity contribution in [1.82, 2.24) is 5.32 Å². The predicted octanol–water partition coefficient (Wildman–Crippen LogP) is 1.90. The molecule has 4 nitrogen and oxygen atoms in total. The molecule has 15 heavy (non-hydrogen) atoms. The molecule has 3 N–H and O–H groups in total. The van der Waals surface area contributed by atoms with Crippen LogP contribution in [0, 0.1) is 0 Å². The summed E-state index contributed by atoms with van der Waals surface area (Å²) in [7, 11) is 0. The number of hydrogen-bond donors (Lipinski definition) is 2. The van der Waals surface area contributed by atoms with E-state index in [9.17, 15) is 4.79 Å². The van der Waals surface area contributed by atoms with Crippen LogP contribution in [0.3, 0.4) is 0 Å². The molecular formula is C10H15BrN2O2. The Labute approximate surface area is 97.3 Å². The second-order valence-corrected chi connectivity index (χ2v) is 4.02.